The van der Waals surface area contributed by atoms with Gasteiger partial charge in [-0.25, -0.2) is 28.5 Å². The summed E-state index contributed by atoms with van der Waals surface area (Å²) in [6, 6.07) is 36.7. The zero-order chi connectivity index (χ0) is 89.8. The zero-order valence-electron chi connectivity index (χ0n) is 77.8. The quantitative estimate of drug-likeness (QED) is 0.0484. The van der Waals surface area contributed by atoms with E-state index in [4.69, 9.17) is 63.8 Å². The van der Waals surface area contributed by atoms with Crippen molar-refractivity contribution in [2.75, 3.05) is 188 Å². The van der Waals surface area contributed by atoms with E-state index in [1.807, 2.05) is 54.6 Å². The molecule has 6 aromatic carbocycles. The number of likely N-dealkylation sites (N-methyl/N-ethyl adjacent to an activating group) is 3. The number of hydrogen-bond acceptors (Lipinski definition) is 21. The van der Waals surface area contributed by atoms with Crippen LogP contribution in [0.3, 0.4) is 0 Å². The summed E-state index contributed by atoms with van der Waals surface area (Å²) < 4.78 is 49.1. The predicted octanol–water partition coefficient (Wildman–Crippen LogP) is 13.8. The average Bonchev–Trinajstić information content (AvgIpc) is 1.72. The molecule has 0 unspecified atom stereocenters. The molecule has 3 aromatic heterocycles. The fourth-order valence-electron chi connectivity index (χ4n) is 20.4. The van der Waals surface area contributed by atoms with Gasteiger partial charge in [-0.3, -0.25) is 14.4 Å². The highest BCUT2D eigenvalue weighted by Crippen LogP contribution is 2.41. The van der Waals surface area contributed by atoms with Gasteiger partial charge in [0.15, 0.2) is 0 Å². The molecule has 0 N–H and O–H groups in total. The van der Waals surface area contributed by atoms with Crippen LogP contribution in [0.5, 0.6) is 18.0 Å². The van der Waals surface area contributed by atoms with Crippen LogP contribution in [0.1, 0.15) is 97.1 Å². The second kappa shape index (κ2) is 49.5. The molecule has 0 bridgehead atoms. The van der Waals surface area contributed by atoms with E-state index in [1.54, 1.807) is 26.8 Å². The second-order valence-electron chi connectivity index (χ2n) is 35.3. The number of aromatic nitrogens is 6. The molecule has 35 heteroatoms. The Balaban J connectivity index is 0.000000205. The first kappa shape index (κ1) is 107. The van der Waals surface area contributed by atoms with E-state index >= 15 is 4.39 Å². The fraction of sp³-hybridized carbons (Fsp3) is 0.460. The number of aryl methyl sites for hydroxylation is 1. The van der Waals surface area contributed by atoms with Crippen molar-refractivity contribution in [3.63, 3.8) is 0 Å². The van der Waals surface area contributed by atoms with Crippen LogP contribution in [-0.4, -0.2) is 272 Å². The van der Waals surface area contributed by atoms with Crippen molar-refractivity contribution >= 4 is 166 Å². The van der Waals surface area contributed by atoms with Gasteiger partial charge in [-0.05, 0) is 184 Å². The van der Waals surface area contributed by atoms with E-state index in [9.17, 15) is 18.8 Å². The largest absolute Gasteiger partial charge is 0.462 e. The molecule has 135 heavy (non-hydrogen) atoms. The first-order chi connectivity index (χ1) is 62.9. The lowest BCUT2D eigenvalue weighted by atomic mass is 10.0. The monoisotopic (exact) mass is 1950 g/mol. The van der Waals surface area contributed by atoms with Crippen molar-refractivity contribution in [3.8, 4) is 18.0 Å². The van der Waals surface area contributed by atoms with E-state index < -0.39 is 0 Å². The Hall–Kier alpha value is -10.5. The van der Waals surface area contributed by atoms with E-state index in [1.165, 1.54) is 52.7 Å². The zero-order valence-corrected chi connectivity index (χ0v) is 83.8. The minimum absolute atomic E-state index is 0. The van der Waals surface area contributed by atoms with Gasteiger partial charge in [0.25, 0.3) is 0 Å². The SMILES string of the molecule is S.S.S.S.S.S.[C-]#[N+]C[C@H]1CN(c2nc(OC[C@@H]3CCCN3C)nc3c2CCCN(c2c(F)ccc4ccccc24)C3)CCN1C(=O)C=C.[C-]#[N+]C[C@H]1CN(c2nc(OC[C@@H]3CCCN3C)nc3c2CCCN(c2cccc4c(C)cccc24)C3)CCN1C(=O)C=C.[C-]#[N+]C[C@H]1CN(c2nc(OC[C@@H]3CCCN3C)nc3c2CCCN(c2cccc4c(F)cccc24)C3)CCN1C(=O)C=C. The second-order valence-corrected chi connectivity index (χ2v) is 35.3. The summed E-state index contributed by atoms with van der Waals surface area (Å²) in [5, 5.41) is 5.89. The highest BCUT2D eigenvalue weighted by atomic mass is 32.1. The fourth-order valence-corrected chi connectivity index (χ4v) is 20.4. The number of halogens is 2. The molecule has 0 saturated carbocycles. The number of benzene rings is 6. The van der Waals surface area contributed by atoms with Crippen LogP contribution in [0.4, 0.5) is 43.3 Å². The number of likely N-dealkylation sites (tertiary alicyclic amines) is 3. The standard InChI is InChI=1S/C34H41N7O2.2C33H38FN7O2.6H2S/c1-5-32(42)41-19-18-40(21-26(41)20-35-3)33-29-14-9-17-39(31-15-7-12-27-24(2)10-6-13-28(27)31)22-30(29)36-34(37-33)43-23-25-11-8-16-38(25)4;1-4-31(42)41-18-17-40(20-24(41)19-35-2)32-27-12-8-16-39(30-14-6-10-25-26(30)11-5-13-28(25)34)21-29(27)36-33(37-32)43-22-23-9-7-15-38(23)3;1-4-30(42)41-18-17-40(20-25(41)19-35-2)32-27-12-8-16-39(31-26-11-6-5-9-23(26)13-14-28(31)34)21-29(27)36-33(37-32)43-22-24-10-7-15-38(24)3;;;;;;/h5-7,10,12-13,15,25-26H,1,8-9,11,14,16-23H2,2,4H3;4-6,10-11,13-14,23-24H,1,7-9,12,15-22H2,3H3;4-6,9,11,13-14,24-25H,1,7-8,10,12,15-22H2,3H3;6*1H2/t25-,26-;23-,24-;24-,25-;;;;;;/m000....../s1. The van der Waals surface area contributed by atoms with Crippen molar-refractivity contribution in [1.82, 2.24) is 59.3 Å². The van der Waals surface area contributed by atoms with Gasteiger partial charge in [-0.1, -0.05) is 105 Å². The molecule has 9 aliphatic rings. The Morgan fingerprint density at radius 3 is 1.13 bits per heavy atom. The molecule has 12 heterocycles. The summed E-state index contributed by atoms with van der Waals surface area (Å²) in [6.07, 6.45) is 15.7. The van der Waals surface area contributed by atoms with Gasteiger partial charge in [0.2, 0.25) is 37.4 Å². The number of carbonyl (C=O) groups excluding carboxylic acids is 3. The van der Waals surface area contributed by atoms with Crippen LogP contribution < -0.4 is 43.6 Å². The number of ether oxygens (including phenoxy) is 3. The number of rotatable bonds is 21. The van der Waals surface area contributed by atoms with Crippen LogP contribution in [-0.2, 0) is 53.3 Å². The molecule has 3 amide bonds. The van der Waals surface area contributed by atoms with Gasteiger partial charge >= 0.3 is 18.0 Å². The summed E-state index contributed by atoms with van der Waals surface area (Å²) in [7, 11) is 6.38. The number of amides is 3. The number of nitrogens with zero attached hydrogens (tertiary/aromatic N) is 21. The lowest BCUT2D eigenvalue weighted by molar-refractivity contribution is -0.129. The highest BCUT2D eigenvalue weighted by Gasteiger charge is 2.40. The molecule has 0 aliphatic carbocycles. The summed E-state index contributed by atoms with van der Waals surface area (Å²) in [4.78, 5) is 104. The van der Waals surface area contributed by atoms with Gasteiger partial charge in [0.05, 0.1) is 42.4 Å². The maximum absolute atomic E-state index is 15.5. The predicted molar refractivity (Wildman–Crippen MR) is 565 cm³/mol. The molecule has 0 spiro atoms. The molecule has 9 aliphatic heterocycles. The molecule has 6 atom stereocenters. The molecule has 6 fully saturated rings. The van der Waals surface area contributed by atoms with E-state index in [0.717, 1.165) is 176 Å². The van der Waals surface area contributed by atoms with Crippen molar-refractivity contribution in [2.45, 2.75) is 140 Å². The summed E-state index contributed by atoms with van der Waals surface area (Å²) in [6.45, 7) is 49.9. The Morgan fingerprint density at radius 1 is 0.385 bits per heavy atom. The third kappa shape index (κ3) is 24.2. The van der Waals surface area contributed by atoms with Crippen molar-refractivity contribution in [2.24, 2.45) is 0 Å². The number of carbonyl (C=O) groups is 3. The minimum Gasteiger partial charge on any atom is -0.462 e. The number of hydrogen-bond donors (Lipinski definition) is 0. The molecule has 18 rings (SSSR count). The highest BCUT2D eigenvalue weighted by molar-refractivity contribution is 7.60. The van der Waals surface area contributed by atoms with Gasteiger partial charge in [-0.2, -0.15) is 111 Å². The minimum atomic E-state index is -0.272. The average molecular weight is 1950 g/mol. The van der Waals surface area contributed by atoms with Gasteiger partial charge in [0, 0.05) is 146 Å². The Morgan fingerprint density at radius 2 is 0.741 bits per heavy atom. The van der Waals surface area contributed by atoms with Crippen LogP contribution in [0.15, 0.2) is 147 Å². The summed E-state index contributed by atoms with van der Waals surface area (Å²) in [5.41, 5.74) is 10.0. The van der Waals surface area contributed by atoms with E-state index in [0.29, 0.717) is 152 Å². The van der Waals surface area contributed by atoms with Crippen LogP contribution in [0.2, 0.25) is 0 Å². The number of fused-ring (bicyclic) bond motifs is 6. The molecular formula is C100H129F2N21O6S6. The maximum atomic E-state index is 15.5. The van der Waals surface area contributed by atoms with Crippen molar-refractivity contribution < 1.29 is 37.4 Å². The lowest BCUT2D eigenvalue weighted by Crippen LogP contribution is -2.56. The number of piperazine rings is 3. The van der Waals surface area contributed by atoms with Crippen molar-refractivity contribution in [1.29, 1.82) is 0 Å². The number of anilines is 6. The molecule has 6 saturated heterocycles. The first-order valence-corrected chi connectivity index (χ1v) is 45.7. The summed E-state index contributed by atoms with van der Waals surface area (Å²) in [5.74, 6) is 1.59. The Bertz CT molecular complexity index is 5560. The molecule has 9 aromatic rings. The lowest BCUT2D eigenvalue weighted by Gasteiger charge is -2.40. The van der Waals surface area contributed by atoms with E-state index in [-0.39, 0.29) is 148 Å². The van der Waals surface area contributed by atoms with E-state index in [2.05, 4.69) is 143 Å². The summed E-state index contributed by atoms with van der Waals surface area (Å²) >= 11 is 0. The smallest absolute Gasteiger partial charge is 0.318 e. The van der Waals surface area contributed by atoms with Gasteiger partial charge in [0.1, 0.15) is 67.0 Å². The van der Waals surface area contributed by atoms with Gasteiger partial charge in [-0.15, -0.1) is 0 Å². The van der Waals surface area contributed by atoms with Gasteiger partial charge < -0.3 is 87.5 Å². The molecular weight excluding hydrogens is 1820 g/mol. The van der Waals surface area contributed by atoms with Crippen LogP contribution in [0, 0.1) is 38.3 Å². The maximum Gasteiger partial charge on any atom is 0.318 e. The molecule has 0 radical (unpaired) electrons. The molecule has 720 valence electrons. The third-order valence-corrected chi connectivity index (χ3v) is 27.4. The normalized spacial score (nSPS) is 20.0. The molecule has 27 nitrogen and oxygen atoms in total. The van der Waals surface area contributed by atoms with Crippen molar-refractivity contribution in [3.05, 3.63) is 232 Å². The topological polar surface area (TPSA) is 208 Å². The Labute approximate surface area is 834 Å². The van der Waals surface area contributed by atoms with Crippen LogP contribution in [0.25, 0.3) is 46.9 Å². The first-order valence-electron chi connectivity index (χ1n) is 45.7. The Kier molecular flexibility index (Phi) is 39.0. The van der Waals surface area contributed by atoms with Crippen LogP contribution >= 0.6 is 81.0 Å². The third-order valence-electron chi connectivity index (χ3n) is 27.4.